The van der Waals surface area contributed by atoms with Crippen LogP contribution in [0, 0.1) is 5.92 Å². The van der Waals surface area contributed by atoms with Gasteiger partial charge in [-0.25, -0.2) is 5.06 Å². The monoisotopic (exact) mass is 428 g/mol. The fourth-order valence-electron chi connectivity index (χ4n) is 4.46. The third kappa shape index (κ3) is 3.52. The van der Waals surface area contributed by atoms with Crippen molar-refractivity contribution >= 4 is 17.5 Å². The fraction of sp³-hybridized carbons (Fsp3) is 0.231. The Bertz CT molecular complexity index is 1100. The zero-order chi connectivity index (χ0) is 22.1. The molecule has 5 rings (SSSR count). The maximum atomic E-state index is 13.5. The Hall–Kier alpha value is -3.64. The van der Waals surface area contributed by atoms with Crippen molar-refractivity contribution < 1.29 is 19.2 Å². The van der Waals surface area contributed by atoms with Crippen LogP contribution in [-0.2, 0) is 21.0 Å². The van der Waals surface area contributed by atoms with Crippen LogP contribution in [0.4, 0.5) is 5.69 Å². The van der Waals surface area contributed by atoms with E-state index in [0.717, 1.165) is 22.6 Å². The number of nitrogens with zero attached hydrogens (tertiary/aromatic N) is 2. The third-order valence-corrected chi connectivity index (χ3v) is 5.93. The number of para-hydroxylation sites is 1. The molecule has 0 N–H and O–H groups in total. The number of hydrogen-bond acceptors (Lipinski definition) is 5. The lowest BCUT2D eigenvalue weighted by Crippen LogP contribution is -2.36. The van der Waals surface area contributed by atoms with Crippen LogP contribution in [0.3, 0.4) is 0 Å². The van der Waals surface area contributed by atoms with E-state index in [4.69, 9.17) is 9.57 Å². The highest BCUT2D eigenvalue weighted by Gasteiger charge is 2.59. The van der Waals surface area contributed by atoms with Crippen LogP contribution in [0.2, 0.25) is 0 Å². The molecule has 2 heterocycles. The minimum absolute atomic E-state index is 0.207. The maximum Gasteiger partial charge on any atom is 0.262 e. The first kappa shape index (κ1) is 20.3. The number of amides is 2. The normalized spacial score (nSPS) is 22.3. The van der Waals surface area contributed by atoms with Crippen molar-refractivity contribution in [3.63, 3.8) is 0 Å². The Labute approximate surface area is 186 Å². The second-order valence-corrected chi connectivity index (χ2v) is 7.91. The molecule has 6 nitrogen and oxygen atoms in total. The molecule has 2 fully saturated rings. The smallest absolute Gasteiger partial charge is 0.262 e. The molecule has 2 amide bonds. The van der Waals surface area contributed by atoms with E-state index in [1.165, 1.54) is 4.90 Å². The number of carbonyl (C=O) groups excluding carboxylic acids is 2. The number of ether oxygens (including phenoxy) is 1. The lowest BCUT2D eigenvalue weighted by Gasteiger charge is -2.28. The van der Waals surface area contributed by atoms with E-state index in [0.29, 0.717) is 6.61 Å². The van der Waals surface area contributed by atoms with E-state index in [-0.39, 0.29) is 18.4 Å². The highest BCUT2D eigenvalue weighted by molar-refractivity contribution is 6.07. The van der Waals surface area contributed by atoms with Gasteiger partial charge in [-0.1, -0.05) is 60.7 Å². The molecule has 3 aromatic carbocycles. The molecule has 0 saturated carbocycles. The van der Waals surface area contributed by atoms with Gasteiger partial charge >= 0.3 is 0 Å². The summed E-state index contributed by atoms with van der Waals surface area (Å²) in [6.45, 7) is 2.76. The quantitative estimate of drug-likeness (QED) is 0.553. The van der Waals surface area contributed by atoms with E-state index in [1.54, 1.807) is 5.06 Å². The van der Waals surface area contributed by atoms with Gasteiger partial charge in [-0.05, 0) is 42.3 Å². The van der Waals surface area contributed by atoms with E-state index in [1.807, 2.05) is 91.9 Å². The molecule has 2 aliphatic heterocycles. The molecular weight excluding hydrogens is 404 g/mol. The van der Waals surface area contributed by atoms with Crippen molar-refractivity contribution in [2.75, 3.05) is 11.7 Å². The van der Waals surface area contributed by atoms with Gasteiger partial charge in [-0.15, -0.1) is 0 Å². The summed E-state index contributed by atoms with van der Waals surface area (Å²) >= 11 is 0. The second-order valence-electron chi connectivity index (χ2n) is 7.91. The van der Waals surface area contributed by atoms with Gasteiger partial charge in [0.1, 0.15) is 11.7 Å². The number of fused-ring (bicyclic) bond motifs is 1. The van der Waals surface area contributed by atoms with E-state index >= 15 is 0 Å². The summed E-state index contributed by atoms with van der Waals surface area (Å²) in [6.07, 6.45) is -0.844. The molecule has 0 aliphatic carbocycles. The minimum Gasteiger partial charge on any atom is -0.494 e. The number of imide groups is 1. The van der Waals surface area contributed by atoms with Crippen molar-refractivity contribution in [3.8, 4) is 5.75 Å². The Morgan fingerprint density at radius 1 is 0.844 bits per heavy atom. The first-order chi connectivity index (χ1) is 15.7. The number of rotatable bonds is 6. The zero-order valence-electron chi connectivity index (χ0n) is 17.8. The average Bonchev–Trinajstić information content (AvgIpc) is 3.33. The lowest BCUT2D eigenvalue weighted by molar-refractivity contribution is -0.143. The summed E-state index contributed by atoms with van der Waals surface area (Å²) in [4.78, 5) is 34.2. The van der Waals surface area contributed by atoms with Crippen LogP contribution in [0.5, 0.6) is 5.75 Å². The van der Waals surface area contributed by atoms with Crippen LogP contribution in [0.1, 0.15) is 24.1 Å². The number of benzene rings is 3. The molecule has 0 spiro atoms. The van der Waals surface area contributed by atoms with E-state index < -0.39 is 18.1 Å². The van der Waals surface area contributed by atoms with Crippen LogP contribution in [-0.4, -0.2) is 29.4 Å². The molecule has 32 heavy (non-hydrogen) atoms. The molecule has 2 saturated heterocycles. The molecule has 162 valence electrons. The van der Waals surface area contributed by atoms with Crippen molar-refractivity contribution in [3.05, 3.63) is 96.1 Å². The van der Waals surface area contributed by atoms with Gasteiger partial charge < -0.3 is 4.74 Å². The van der Waals surface area contributed by atoms with Crippen molar-refractivity contribution in [2.24, 2.45) is 5.92 Å². The third-order valence-electron chi connectivity index (χ3n) is 5.93. The summed E-state index contributed by atoms with van der Waals surface area (Å²) in [5.74, 6) is -0.360. The second kappa shape index (κ2) is 8.48. The summed E-state index contributed by atoms with van der Waals surface area (Å²) in [5, 5.41) is 1.71. The molecule has 3 atom stereocenters. The van der Waals surface area contributed by atoms with Crippen LogP contribution < -0.4 is 9.80 Å². The molecule has 0 bridgehead atoms. The summed E-state index contributed by atoms with van der Waals surface area (Å²) in [5.41, 5.74) is 2.61. The van der Waals surface area contributed by atoms with Crippen LogP contribution >= 0.6 is 0 Å². The maximum absolute atomic E-state index is 13.5. The van der Waals surface area contributed by atoms with E-state index in [9.17, 15) is 9.59 Å². The Morgan fingerprint density at radius 2 is 1.50 bits per heavy atom. The van der Waals surface area contributed by atoms with Crippen LogP contribution in [0.15, 0.2) is 84.9 Å². The van der Waals surface area contributed by atoms with Gasteiger partial charge in [0.15, 0.2) is 6.10 Å². The molecular formula is C26H24N2O4. The van der Waals surface area contributed by atoms with Gasteiger partial charge in [0.2, 0.25) is 5.91 Å². The molecule has 0 aromatic heterocycles. The summed E-state index contributed by atoms with van der Waals surface area (Å²) in [6, 6.07) is 26.3. The van der Waals surface area contributed by atoms with E-state index in [2.05, 4.69) is 0 Å². The Balaban J connectivity index is 1.50. The molecule has 0 radical (unpaired) electrons. The van der Waals surface area contributed by atoms with Gasteiger partial charge in [0.05, 0.1) is 24.9 Å². The largest absolute Gasteiger partial charge is 0.494 e. The minimum atomic E-state index is -0.844. The van der Waals surface area contributed by atoms with Crippen molar-refractivity contribution in [1.82, 2.24) is 4.90 Å². The van der Waals surface area contributed by atoms with Crippen molar-refractivity contribution in [1.29, 1.82) is 0 Å². The van der Waals surface area contributed by atoms with Crippen LogP contribution in [0.25, 0.3) is 0 Å². The number of likely N-dealkylation sites (tertiary alicyclic amines) is 1. The average molecular weight is 428 g/mol. The number of carbonyl (C=O) groups is 2. The first-order valence-corrected chi connectivity index (χ1v) is 10.8. The van der Waals surface area contributed by atoms with Gasteiger partial charge in [0, 0.05) is 0 Å². The van der Waals surface area contributed by atoms with Gasteiger partial charge in [-0.3, -0.25) is 19.3 Å². The number of anilines is 1. The SMILES string of the molecule is CCOc1ccc(C2C3C(=O)N(Cc4ccccc4)C(=O)C3ON2c2ccccc2)cc1. The Kier molecular flexibility index (Phi) is 5.37. The summed E-state index contributed by atoms with van der Waals surface area (Å²) < 4.78 is 5.57. The fourth-order valence-corrected chi connectivity index (χ4v) is 4.46. The number of hydroxylamine groups is 1. The predicted molar refractivity (Wildman–Crippen MR) is 120 cm³/mol. The molecule has 3 aromatic rings. The van der Waals surface area contributed by atoms with Crippen molar-refractivity contribution in [2.45, 2.75) is 25.6 Å². The zero-order valence-corrected chi connectivity index (χ0v) is 17.8. The summed E-state index contributed by atoms with van der Waals surface area (Å²) in [7, 11) is 0. The highest BCUT2D eigenvalue weighted by atomic mass is 16.7. The molecule has 6 heteroatoms. The standard InChI is InChI=1S/C26H24N2O4/c1-2-31-21-15-13-19(14-16-21)23-22-24(32-28(23)20-11-7-4-8-12-20)26(30)27(25(22)29)17-18-9-5-3-6-10-18/h3-16,22-24H,2,17H2,1H3. The molecule has 3 unspecified atom stereocenters. The molecule has 2 aliphatic rings. The van der Waals surface area contributed by atoms with Gasteiger partial charge in [-0.2, -0.15) is 0 Å². The van der Waals surface area contributed by atoms with Gasteiger partial charge in [0.25, 0.3) is 5.91 Å². The Morgan fingerprint density at radius 3 is 2.16 bits per heavy atom. The topological polar surface area (TPSA) is 59.1 Å². The first-order valence-electron chi connectivity index (χ1n) is 10.8. The number of hydrogen-bond donors (Lipinski definition) is 0. The highest BCUT2D eigenvalue weighted by Crippen LogP contribution is 2.47. The predicted octanol–water partition coefficient (Wildman–Crippen LogP) is 4.13. The lowest BCUT2D eigenvalue weighted by atomic mass is 9.90.